The molecule has 1 saturated heterocycles. The Balaban J connectivity index is 2.01. The normalized spacial score (nSPS) is 27.0. The summed E-state index contributed by atoms with van der Waals surface area (Å²) in [4.78, 5) is 8.24. The van der Waals surface area contributed by atoms with Gasteiger partial charge in [0, 0.05) is 12.0 Å². The van der Waals surface area contributed by atoms with Gasteiger partial charge in [0.15, 0.2) is 12.2 Å². The van der Waals surface area contributed by atoms with Crippen LogP contribution in [-0.4, -0.2) is 42.6 Å². The minimum Gasteiger partial charge on any atom is -0.470 e. The largest absolute Gasteiger partial charge is 0.470 e. The van der Waals surface area contributed by atoms with Crippen LogP contribution in [0.15, 0.2) is 5.16 Å². The van der Waals surface area contributed by atoms with Crippen LogP contribution in [0.2, 0.25) is 0 Å². The molecule has 2 heterocycles. The summed E-state index contributed by atoms with van der Waals surface area (Å²) < 4.78 is 6.36. The molecule has 2 rings (SSSR count). The van der Waals surface area contributed by atoms with Crippen molar-refractivity contribution in [2.24, 2.45) is 10.6 Å². The van der Waals surface area contributed by atoms with Crippen molar-refractivity contribution in [3.8, 4) is 0 Å². The van der Waals surface area contributed by atoms with E-state index in [1.165, 1.54) is 32.4 Å². The van der Waals surface area contributed by atoms with Gasteiger partial charge >= 0.3 is 0 Å². The SMILES string of the molecule is CCCC(C)(CCC)C1=NOC(C)C(CN2CCCCC2)O1. The van der Waals surface area contributed by atoms with Crippen LogP contribution in [-0.2, 0) is 9.57 Å². The Labute approximate surface area is 136 Å². The lowest BCUT2D eigenvalue weighted by atomic mass is 9.81. The summed E-state index contributed by atoms with van der Waals surface area (Å²) in [5.74, 6) is 0.830. The third-order valence-electron chi connectivity index (χ3n) is 5.10. The van der Waals surface area contributed by atoms with Crippen molar-refractivity contribution in [2.45, 2.75) is 84.8 Å². The van der Waals surface area contributed by atoms with Gasteiger partial charge in [0.1, 0.15) is 0 Å². The summed E-state index contributed by atoms with van der Waals surface area (Å²) in [6, 6.07) is 0. The zero-order valence-corrected chi connectivity index (χ0v) is 14.9. The molecule has 0 radical (unpaired) electrons. The highest BCUT2D eigenvalue weighted by atomic mass is 16.7. The molecule has 1 fully saturated rings. The zero-order valence-electron chi connectivity index (χ0n) is 14.9. The van der Waals surface area contributed by atoms with E-state index in [0.29, 0.717) is 0 Å². The third kappa shape index (κ3) is 4.37. The van der Waals surface area contributed by atoms with E-state index in [9.17, 15) is 0 Å². The topological polar surface area (TPSA) is 34.1 Å². The van der Waals surface area contributed by atoms with E-state index >= 15 is 0 Å². The lowest BCUT2D eigenvalue weighted by Gasteiger charge is -2.39. The summed E-state index contributed by atoms with van der Waals surface area (Å²) >= 11 is 0. The van der Waals surface area contributed by atoms with Crippen molar-refractivity contribution in [2.75, 3.05) is 19.6 Å². The van der Waals surface area contributed by atoms with Gasteiger partial charge in [-0.2, -0.15) is 0 Å². The molecule has 0 aliphatic carbocycles. The second-order valence-corrected chi connectivity index (χ2v) is 7.29. The molecule has 2 aliphatic rings. The summed E-state index contributed by atoms with van der Waals surface area (Å²) in [7, 11) is 0. The second-order valence-electron chi connectivity index (χ2n) is 7.29. The maximum atomic E-state index is 6.36. The number of nitrogens with zero attached hydrogens (tertiary/aromatic N) is 2. The number of ether oxygens (including phenoxy) is 1. The fourth-order valence-corrected chi connectivity index (χ4v) is 3.74. The minimum absolute atomic E-state index is 0.0176. The standard InChI is InChI=1S/C18H34N2O2/c1-5-10-18(4,11-6-2)17-19-22-15(3)16(21-17)14-20-12-8-7-9-13-20/h15-16H,5-14H2,1-4H3. The molecule has 0 N–H and O–H groups in total. The molecular formula is C18H34N2O2. The van der Waals surface area contributed by atoms with Crippen LogP contribution >= 0.6 is 0 Å². The molecule has 22 heavy (non-hydrogen) atoms. The number of piperidine rings is 1. The summed E-state index contributed by atoms with van der Waals surface area (Å²) in [6.45, 7) is 12.2. The van der Waals surface area contributed by atoms with Crippen LogP contribution < -0.4 is 0 Å². The van der Waals surface area contributed by atoms with E-state index < -0.39 is 0 Å². The fraction of sp³-hybridized carbons (Fsp3) is 0.944. The molecule has 2 unspecified atom stereocenters. The molecule has 2 atom stereocenters. The minimum atomic E-state index is 0.0176. The van der Waals surface area contributed by atoms with Crippen LogP contribution in [0.25, 0.3) is 0 Å². The summed E-state index contributed by atoms with van der Waals surface area (Å²) in [5, 5.41) is 4.34. The average molecular weight is 310 g/mol. The van der Waals surface area contributed by atoms with E-state index in [1.807, 2.05) is 0 Å². The van der Waals surface area contributed by atoms with E-state index in [0.717, 1.165) is 38.1 Å². The molecule has 0 aromatic carbocycles. The second kappa shape index (κ2) is 8.19. The smallest absolute Gasteiger partial charge is 0.232 e. The quantitative estimate of drug-likeness (QED) is 0.707. The number of hydrogen-bond donors (Lipinski definition) is 0. The molecular weight excluding hydrogens is 276 g/mol. The van der Waals surface area contributed by atoms with E-state index in [-0.39, 0.29) is 17.6 Å². The van der Waals surface area contributed by atoms with Crippen LogP contribution in [0.3, 0.4) is 0 Å². The van der Waals surface area contributed by atoms with E-state index in [1.54, 1.807) is 0 Å². The average Bonchev–Trinajstić information content (AvgIpc) is 2.51. The monoisotopic (exact) mass is 310 g/mol. The van der Waals surface area contributed by atoms with Crippen molar-refractivity contribution in [3.05, 3.63) is 0 Å². The predicted molar refractivity (Wildman–Crippen MR) is 91.1 cm³/mol. The molecule has 0 amide bonds. The molecule has 4 nitrogen and oxygen atoms in total. The Morgan fingerprint density at radius 1 is 1.14 bits per heavy atom. The Morgan fingerprint density at radius 3 is 2.36 bits per heavy atom. The number of oxime groups is 1. The lowest BCUT2D eigenvalue weighted by molar-refractivity contribution is -0.0725. The zero-order chi connectivity index (χ0) is 16.0. The molecule has 0 bridgehead atoms. The highest BCUT2D eigenvalue weighted by Gasteiger charge is 2.38. The van der Waals surface area contributed by atoms with E-state index in [2.05, 4.69) is 37.8 Å². The van der Waals surface area contributed by atoms with E-state index in [4.69, 9.17) is 9.57 Å². The van der Waals surface area contributed by atoms with Crippen LogP contribution in [0.5, 0.6) is 0 Å². The number of likely N-dealkylation sites (tertiary alicyclic amines) is 1. The van der Waals surface area contributed by atoms with Gasteiger partial charge in [-0.1, -0.05) is 45.2 Å². The van der Waals surface area contributed by atoms with Crippen molar-refractivity contribution in [1.82, 2.24) is 4.90 Å². The Morgan fingerprint density at radius 2 is 1.77 bits per heavy atom. The van der Waals surface area contributed by atoms with Crippen molar-refractivity contribution < 1.29 is 9.57 Å². The van der Waals surface area contributed by atoms with Crippen LogP contribution in [0.4, 0.5) is 0 Å². The van der Waals surface area contributed by atoms with Crippen LogP contribution in [0.1, 0.15) is 72.6 Å². The third-order valence-corrected chi connectivity index (χ3v) is 5.10. The van der Waals surface area contributed by atoms with Gasteiger partial charge in [-0.05, 0) is 45.7 Å². The Kier molecular flexibility index (Phi) is 6.54. The lowest BCUT2D eigenvalue weighted by Crippen LogP contribution is -2.48. The number of rotatable bonds is 7. The van der Waals surface area contributed by atoms with Gasteiger partial charge in [-0.15, -0.1) is 0 Å². The maximum Gasteiger partial charge on any atom is 0.232 e. The van der Waals surface area contributed by atoms with Gasteiger partial charge in [0.05, 0.1) is 0 Å². The fourth-order valence-electron chi connectivity index (χ4n) is 3.74. The molecule has 0 saturated carbocycles. The van der Waals surface area contributed by atoms with Gasteiger partial charge in [0.25, 0.3) is 0 Å². The highest BCUT2D eigenvalue weighted by molar-refractivity contribution is 5.82. The Bertz CT molecular complexity index is 358. The maximum absolute atomic E-state index is 6.36. The molecule has 128 valence electrons. The van der Waals surface area contributed by atoms with Gasteiger partial charge < -0.3 is 9.57 Å². The predicted octanol–water partition coefficient (Wildman–Crippen LogP) is 4.20. The van der Waals surface area contributed by atoms with Crippen molar-refractivity contribution in [3.63, 3.8) is 0 Å². The van der Waals surface area contributed by atoms with Gasteiger partial charge in [0.2, 0.25) is 5.90 Å². The molecule has 2 aliphatic heterocycles. The Hall–Kier alpha value is -0.770. The molecule has 4 heteroatoms. The first-order chi connectivity index (χ1) is 10.6. The molecule has 0 spiro atoms. The van der Waals surface area contributed by atoms with Crippen LogP contribution in [0, 0.1) is 5.41 Å². The number of hydrogen-bond acceptors (Lipinski definition) is 4. The first-order valence-electron chi connectivity index (χ1n) is 9.22. The van der Waals surface area contributed by atoms with Gasteiger partial charge in [-0.3, -0.25) is 4.90 Å². The van der Waals surface area contributed by atoms with Gasteiger partial charge in [-0.25, -0.2) is 0 Å². The highest BCUT2D eigenvalue weighted by Crippen LogP contribution is 2.34. The van der Waals surface area contributed by atoms with Crippen molar-refractivity contribution >= 4 is 5.90 Å². The van der Waals surface area contributed by atoms with Crippen molar-refractivity contribution in [1.29, 1.82) is 0 Å². The first-order valence-corrected chi connectivity index (χ1v) is 9.22. The summed E-state index contributed by atoms with van der Waals surface area (Å²) in [6.07, 6.45) is 8.64. The molecule has 0 aromatic rings. The first kappa shape index (κ1) is 17.6. The summed E-state index contributed by atoms with van der Waals surface area (Å²) in [5.41, 5.74) is 0.0176. The molecule has 0 aromatic heterocycles.